The Bertz CT molecular complexity index is 1040. The molecule has 0 amide bonds. The van der Waals surface area contributed by atoms with Gasteiger partial charge in [0, 0.05) is 30.6 Å². The number of fused-ring (bicyclic) bond motifs is 1. The van der Waals surface area contributed by atoms with E-state index in [1.54, 1.807) is 22.7 Å². The Labute approximate surface area is 179 Å². The highest BCUT2D eigenvalue weighted by Gasteiger charge is 2.17. The largest absolute Gasteiger partial charge is 0.367 e. The van der Waals surface area contributed by atoms with Gasteiger partial charge in [-0.05, 0) is 50.6 Å². The van der Waals surface area contributed by atoms with Gasteiger partial charge in [0.2, 0.25) is 0 Å². The van der Waals surface area contributed by atoms with Gasteiger partial charge in [-0.15, -0.1) is 11.3 Å². The molecule has 0 atom stereocenters. The number of imidazole rings is 1. The Morgan fingerprint density at radius 2 is 1.93 bits per heavy atom. The maximum Gasteiger partial charge on any atom is 0.174 e. The quantitative estimate of drug-likeness (QED) is 0.423. The molecule has 0 bridgehead atoms. The predicted molar refractivity (Wildman–Crippen MR) is 123 cm³/mol. The molecule has 152 valence electrons. The molecule has 0 spiro atoms. The minimum absolute atomic E-state index is 0.502. The fourth-order valence-corrected chi connectivity index (χ4v) is 4.82. The Morgan fingerprint density at radius 1 is 1.10 bits per heavy atom. The summed E-state index contributed by atoms with van der Waals surface area (Å²) in [4.78, 5) is 17.8. The van der Waals surface area contributed by atoms with Gasteiger partial charge in [-0.1, -0.05) is 6.07 Å². The van der Waals surface area contributed by atoms with Crippen LogP contribution in [-0.2, 0) is 0 Å². The summed E-state index contributed by atoms with van der Waals surface area (Å²) < 4.78 is 2.03. The van der Waals surface area contributed by atoms with Crippen molar-refractivity contribution >= 4 is 39.7 Å². The van der Waals surface area contributed by atoms with Gasteiger partial charge in [-0.25, -0.2) is 15.0 Å². The summed E-state index contributed by atoms with van der Waals surface area (Å²) in [6, 6.07) is 7.16. The smallest absolute Gasteiger partial charge is 0.174 e. The van der Waals surface area contributed by atoms with Crippen molar-refractivity contribution < 1.29 is 0 Å². The van der Waals surface area contributed by atoms with E-state index in [9.17, 15) is 0 Å². The van der Waals surface area contributed by atoms with Crippen molar-refractivity contribution in [2.24, 2.45) is 0 Å². The third-order valence-electron chi connectivity index (χ3n) is 4.91. The topological polar surface area (TPSA) is 58.9 Å². The first-order chi connectivity index (χ1) is 14.0. The molecule has 1 N–H and O–H groups in total. The van der Waals surface area contributed by atoms with Crippen LogP contribution in [0.2, 0.25) is 0 Å². The molecule has 8 heteroatoms. The molecule has 0 aromatic carbocycles. The summed E-state index contributed by atoms with van der Waals surface area (Å²) in [6.07, 6.45) is 1.83. The lowest BCUT2D eigenvalue weighted by Gasteiger charge is -2.30. The number of hydrogen-bond acceptors (Lipinski definition) is 7. The van der Waals surface area contributed by atoms with Crippen molar-refractivity contribution in [2.75, 3.05) is 18.4 Å². The van der Waals surface area contributed by atoms with E-state index >= 15 is 0 Å². The van der Waals surface area contributed by atoms with Crippen LogP contribution in [0.25, 0.3) is 27.6 Å². The Balaban J connectivity index is 1.69. The van der Waals surface area contributed by atoms with Crippen molar-refractivity contribution in [1.29, 1.82) is 0 Å². The molecule has 6 nitrogen and oxygen atoms in total. The van der Waals surface area contributed by atoms with Gasteiger partial charge in [0.1, 0.15) is 6.33 Å². The highest BCUT2D eigenvalue weighted by atomic mass is 32.1. The van der Waals surface area contributed by atoms with E-state index in [2.05, 4.69) is 71.2 Å². The lowest BCUT2D eigenvalue weighted by molar-refractivity contribution is 0.182. The number of thiophene rings is 2. The molecule has 0 radical (unpaired) electrons. The van der Waals surface area contributed by atoms with E-state index in [0.717, 1.165) is 46.5 Å². The van der Waals surface area contributed by atoms with Gasteiger partial charge < -0.3 is 5.32 Å². The molecule has 4 heterocycles. The monoisotopic (exact) mass is 426 g/mol. The molecule has 0 fully saturated rings. The number of nitrogens with zero attached hydrogens (tertiary/aromatic N) is 5. The maximum absolute atomic E-state index is 4.85. The third kappa shape index (κ3) is 4.19. The van der Waals surface area contributed by atoms with Crippen LogP contribution in [0.5, 0.6) is 0 Å². The summed E-state index contributed by atoms with van der Waals surface area (Å²) in [5, 5.41) is 9.74. The average molecular weight is 427 g/mol. The Hall–Kier alpha value is -2.29. The van der Waals surface area contributed by atoms with Crippen LogP contribution in [0.4, 0.5) is 5.82 Å². The average Bonchev–Trinajstić information content (AvgIpc) is 3.45. The molecule has 4 aromatic heterocycles. The molecule has 29 heavy (non-hydrogen) atoms. The highest BCUT2D eigenvalue weighted by molar-refractivity contribution is 7.13. The summed E-state index contributed by atoms with van der Waals surface area (Å²) in [7, 11) is 0. The zero-order valence-electron chi connectivity index (χ0n) is 17.2. The number of hydrogen-bond donors (Lipinski definition) is 1. The first-order valence-electron chi connectivity index (χ1n) is 9.85. The lowest BCUT2D eigenvalue weighted by atomic mass is 10.2. The van der Waals surface area contributed by atoms with Crippen LogP contribution in [0, 0.1) is 0 Å². The van der Waals surface area contributed by atoms with Crippen molar-refractivity contribution in [1.82, 2.24) is 24.4 Å². The third-order valence-corrected chi connectivity index (χ3v) is 6.45. The number of anilines is 1. The molecule has 0 aliphatic rings. The standard InChI is InChI=1S/C21H26N6S2/c1-14(2)26(15(3)4)9-8-22-20-18-21(25-19(24-20)17-6-5-10-29-17)27(13-23-18)16-7-11-28-12-16/h5-7,10-15H,8-9H2,1-4H3,(H,22,24,25). The van der Waals surface area contributed by atoms with Gasteiger partial charge in [-0.3, -0.25) is 9.47 Å². The van der Waals surface area contributed by atoms with Gasteiger partial charge in [0.15, 0.2) is 22.8 Å². The summed E-state index contributed by atoms with van der Waals surface area (Å²) in [5.41, 5.74) is 2.70. The van der Waals surface area contributed by atoms with Crippen LogP contribution in [0.15, 0.2) is 40.7 Å². The van der Waals surface area contributed by atoms with Crippen molar-refractivity contribution in [3.8, 4) is 16.4 Å². The number of rotatable bonds is 8. The van der Waals surface area contributed by atoms with E-state index in [1.807, 2.05) is 17.0 Å². The van der Waals surface area contributed by atoms with Crippen LogP contribution in [0.3, 0.4) is 0 Å². The second-order valence-electron chi connectivity index (χ2n) is 7.49. The zero-order valence-corrected chi connectivity index (χ0v) is 18.8. The second kappa shape index (κ2) is 8.61. The first-order valence-corrected chi connectivity index (χ1v) is 11.7. The van der Waals surface area contributed by atoms with E-state index in [0.29, 0.717) is 12.1 Å². The zero-order chi connectivity index (χ0) is 20.4. The van der Waals surface area contributed by atoms with Crippen LogP contribution in [0.1, 0.15) is 27.7 Å². The molecule has 0 aliphatic carbocycles. The van der Waals surface area contributed by atoms with Crippen LogP contribution >= 0.6 is 22.7 Å². The molecular weight excluding hydrogens is 400 g/mol. The SMILES string of the molecule is CC(C)N(CCNc1nc(-c2cccs2)nc2c1ncn2-c1ccsc1)C(C)C. The fraction of sp³-hybridized carbons (Fsp3) is 0.381. The number of aromatic nitrogens is 4. The van der Waals surface area contributed by atoms with Gasteiger partial charge in [0.05, 0.1) is 10.6 Å². The molecule has 0 saturated heterocycles. The van der Waals surface area contributed by atoms with Crippen molar-refractivity contribution in [3.63, 3.8) is 0 Å². The van der Waals surface area contributed by atoms with E-state index in [-0.39, 0.29) is 0 Å². The van der Waals surface area contributed by atoms with Gasteiger partial charge in [0.25, 0.3) is 0 Å². The molecule has 0 aliphatic heterocycles. The Kier molecular flexibility index (Phi) is 5.94. The minimum Gasteiger partial charge on any atom is -0.367 e. The lowest BCUT2D eigenvalue weighted by Crippen LogP contribution is -2.40. The molecule has 0 saturated carbocycles. The number of nitrogens with one attached hydrogen (secondary N) is 1. The predicted octanol–water partition coefficient (Wildman–Crippen LogP) is 5.14. The summed E-state index contributed by atoms with van der Waals surface area (Å²) >= 11 is 3.31. The van der Waals surface area contributed by atoms with Crippen LogP contribution in [-0.4, -0.2) is 49.6 Å². The maximum atomic E-state index is 4.85. The van der Waals surface area contributed by atoms with Crippen LogP contribution < -0.4 is 5.32 Å². The second-order valence-corrected chi connectivity index (χ2v) is 9.22. The van der Waals surface area contributed by atoms with Gasteiger partial charge in [-0.2, -0.15) is 11.3 Å². The molecule has 4 aromatic rings. The van der Waals surface area contributed by atoms with E-state index < -0.39 is 0 Å². The molecule has 0 unspecified atom stereocenters. The van der Waals surface area contributed by atoms with Crippen molar-refractivity contribution in [3.05, 3.63) is 40.7 Å². The van der Waals surface area contributed by atoms with E-state index in [4.69, 9.17) is 9.97 Å². The minimum atomic E-state index is 0.502. The van der Waals surface area contributed by atoms with Crippen molar-refractivity contribution in [2.45, 2.75) is 39.8 Å². The summed E-state index contributed by atoms with van der Waals surface area (Å²) in [6.45, 7) is 10.7. The van der Waals surface area contributed by atoms with Gasteiger partial charge >= 0.3 is 0 Å². The summed E-state index contributed by atoms with van der Waals surface area (Å²) in [5.74, 6) is 1.52. The molecule has 4 rings (SSSR count). The van der Waals surface area contributed by atoms with E-state index in [1.165, 1.54) is 0 Å². The first kappa shape index (κ1) is 20.0. The Morgan fingerprint density at radius 3 is 2.59 bits per heavy atom. The highest BCUT2D eigenvalue weighted by Crippen LogP contribution is 2.28. The normalized spacial score (nSPS) is 12.0. The fourth-order valence-electron chi connectivity index (χ4n) is 3.54. The molecular formula is C21H26N6S2.